The van der Waals surface area contributed by atoms with Gasteiger partial charge in [0.05, 0.1) is 11.7 Å². The van der Waals surface area contributed by atoms with Gasteiger partial charge in [0.2, 0.25) is 0 Å². The van der Waals surface area contributed by atoms with Crippen molar-refractivity contribution in [2.45, 2.75) is 44.6 Å². The molecule has 0 saturated heterocycles. The largest absolute Gasteiger partial charge is 0.382 e. The molecular formula is C16H21N3. The lowest BCUT2D eigenvalue weighted by molar-refractivity contribution is 0.303. The number of aromatic amines is 1. The van der Waals surface area contributed by atoms with E-state index in [1.807, 2.05) is 6.20 Å². The standard InChI is InChI=1S/C16H21N3/c1-2-12(11-4-5-11)8-14(3-1)18-15-6-7-16-13(9-15)10-17-19-16/h6-7,9-12,14,18H,1-5,8H2,(H,17,19). The van der Waals surface area contributed by atoms with Gasteiger partial charge in [-0.25, -0.2) is 0 Å². The SMILES string of the molecule is c1cc2[nH]ncc2cc1NC1CCCC(C2CC2)C1. The molecule has 2 aromatic rings. The number of anilines is 1. The normalized spacial score (nSPS) is 27.6. The highest BCUT2D eigenvalue weighted by molar-refractivity contribution is 5.81. The summed E-state index contributed by atoms with van der Waals surface area (Å²) in [5, 5.41) is 12.0. The Morgan fingerprint density at radius 2 is 2.05 bits per heavy atom. The molecule has 3 nitrogen and oxygen atoms in total. The monoisotopic (exact) mass is 255 g/mol. The van der Waals surface area contributed by atoms with Crippen LogP contribution in [0.3, 0.4) is 0 Å². The molecular weight excluding hydrogens is 234 g/mol. The number of H-pyrrole nitrogens is 1. The van der Waals surface area contributed by atoms with Crippen molar-refractivity contribution in [1.29, 1.82) is 0 Å². The predicted octanol–water partition coefficient (Wildman–Crippen LogP) is 3.94. The van der Waals surface area contributed by atoms with Crippen LogP contribution in [-0.4, -0.2) is 16.2 Å². The lowest BCUT2D eigenvalue weighted by Gasteiger charge is -2.30. The molecule has 0 amide bonds. The zero-order chi connectivity index (χ0) is 12.7. The molecule has 2 aliphatic rings. The van der Waals surface area contributed by atoms with Gasteiger partial charge in [0.25, 0.3) is 0 Å². The maximum absolute atomic E-state index is 4.08. The molecule has 2 N–H and O–H groups in total. The Hall–Kier alpha value is -1.51. The quantitative estimate of drug-likeness (QED) is 0.872. The van der Waals surface area contributed by atoms with Crippen molar-refractivity contribution in [3.8, 4) is 0 Å². The molecule has 1 aromatic heterocycles. The number of nitrogens with zero attached hydrogens (tertiary/aromatic N) is 1. The average Bonchev–Trinajstić information content (AvgIpc) is 3.18. The Kier molecular flexibility index (Phi) is 2.71. The molecule has 0 spiro atoms. The van der Waals surface area contributed by atoms with Crippen LogP contribution in [0.4, 0.5) is 5.69 Å². The Labute approximate surface area is 113 Å². The van der Waals surface area contributed by atoms with E-state index in [1.165, 1.54) is 49.6 Å². The Bertz CT molecular complexity index is 570. The summed E-state index contributed by atoms with van der Waals surface area (Å²) in [6.07, 6.45) is 10.4. The first-order chi connectivity index (χ1) is 9.38. The Morgan fingerprint density at radius 1 is 1.11 bits per heavy atom. The van der Waals surface area contributed by atoms with Gasteiger partial charge in [0.1, 0.15) is 0 Å². The molecule has 1 aromatic carbocycles. The molecule has 100 valence electrons. The summed E-state index contributed by atoms with van der Waals surface area (Å²) in [5.41, 5.74) is 2.36. The van der Waals surface area contributed by atoms with E-state index in [4.69, 9.17) is 0 Å². The molecule has 2 saturated carbocycles. The second-order valence-corrected chi connectivity index (χ2v) is 6.28. The van der Waals surface area contributed by atoms with Crippen molar-refractivity contribution in [3.05, 3.63) is 24.4 Å². The molecule has 2 atom stereocenters. The van der Waals surface area contributed by atoms with E-state index >= 15 is 0 Å². The smallest absolute Gasteiger partial charge is 0.0651 e. The summed E-state index contributed by atoms with van der Waals surface area (Å²) in [6, 6.07) is 7.16. The van der Waals surface area contributed by atoms with Gasteiger partial charge in [0, 0.05) is 17.1 Å². The number of aromatic nitrogens is 2. The third-order valence-corrected chi connectivity index (χ3v) is 4.81. The first-order valence-corrected chi connectivity index (χ1v) is 7.58. The van der Waals surface area contributed by atoms with E-state index in [9.17, 15) is 0 Å². The first kappa shape index (κ1) is 11.3. The van der Waals surface area contributed by atoms with E-state index in [1.54, 1.807) is 0 Å². The zero-order valence-electron chi connectivity index (χ0n) is 11.2. The zero-order valence-corrected chi connectivity index (χ0v) is 11.2. The van der Waals surface area contributed by atoms with Crippen molar-refractivity contribution in [2.24, 2.45) is 11.8 Å². The molecule has 3 heteroatoms. The maximum atomic E-state index is 4.08. The third-order valence-electron chi connectivity index (χ3n) is 4.81. The predicted molar refractivity (Wildman–Crippen MR) is 78.2 cm³/mol. The number of benzene rings is 1. The molecule has 0 bridgehead atoms. The minimum Gasteiger partial charge on any atom is -0.382 e. The van der Waals surface area contributed by atoms with Crippen LogP contribution < -0.4 is 5.32 Å². The van der Waals surface area contributed by atoms with Crippen molar-refractivity contribution in [3.63, 3.8) is 0 Å². The van der Waals surface area contributed by atoms with Gasteiger partial charge in [-0.2, -0.15) is 5.10 Å². The topological polar surface area (TPSA) is 40.7 Å². The Morgan fingerprint density at radius 3 is 2.95 bits per heavy atom. The fraction of sp³-hybridized carbons (Fsp3) is 0.562. The highest BCUT2D eigenvalue weighted by atomic mass is 15.1. The molecule has 4 rings (SSSR count). The number of hydrogen-bond acceptors (Lipinski definition) is 2. The fourth-order valence-corrected chi connectivity index (χ4v) is 3.62. The maximum Gasteiger partial charge on any atom is 0.0651 e. The van der Waals surface area contributed by atoms with Gasteiger partial charge in [0.15, 0.2) is 0 Å². The van der Waals surface area contributed by atoms with Crippen LogP contribution in [0.1, 0.15) is 38.5 Å². The summed E-state index contributed by atoms with van der Waals surface area (Å²) >= 11 is 0. The number of fused-ring (bicyclic) bond motifs is 1. The molecule has 0 aliphatic heterocycles. The van der Waals surface area contributed by atoms with E-state index in [0.717, 1.165) is 17.4 Å². The van der Waals surface area contributed by atoms with E-state index < -0.39 is 0 Å². The molecule has 0 radical (unpaired) electrons. The lowest BCUT2D eigenvalue weighted by Crippen LogP contribution is -2.28. The minimum atomic E-state index is 0.670. The van der Waals surface area contributed by atoms with E-state index in [2.05, 4.69) is 33.7 Å². The number of hydrogen-bond donors (Lipinski definition) is 2. The van der Waals surface area contributed by atoms with Gasteiger partial charge >= 0.3 is 0 Å². The van der Waals surface area contributed by atoms with Crippen LogP contribution in [-0.2, 0) is 0 Å². The van der Waals surface area contributed by atoms with Gasteiger partial charge in [-0.3, -0.25) is 5.10 Å². The minimum absolute atomic E-state index is 0.670. The number of nitrogens with one attached hydrogen (secondary N) is 2. The Balaban J connectivity index is 1.47. The van der Waals surface area contributed by atoms with E-state index in [-0.39, 0.29) is 0 Å². The van der Waals surface area contributed by atoms with Crippen molar-refractivity contribution in [2.75, 3.05) is 5.32 Å². The molecule has 2 aliphatic carbocycles. The molecule has 1 heterocycles. The van der Waals surface area contributed by atoms with Crippen molar-refractivity contribution in [1.82, 2.24) is 10.2 Å². The van der Waals surface area contributed by atoms with Crippen LogP contribution >= 0.6 is 0 Å². The summed E-state index contributed by atoms with van der Waals surface area (Å²) in [6.45, 7) is 0. The van der Waals surface area contributed by atoms with Crippen LogP contribution in [0, 0.1) is 11.8 Å². The number of rotatable bonds is 3. The lowest BCUT2D eigenvalue weighted by atomic mass is 9.82. The fourth-order valence-electron chi connectivity index (χ4n) is 3.62. The van der Waals surface area contributed by atoms with Crippen LogP contribution in [0.2, 0.25) is 0 Å². The summed E-state index contributed by atoms with van der Waals surface area (Å²) in [4.78, 5) is 0. The molecule has 2 unspecified atom stereocenters. The highest BCUT2D eigenvalue weighted by Crippen LogP contribution is 2.44. The second-order valence-electron chi connectivity index (χ2n) is 6.28. The second kappa shape index (κ2) is 4.55. The molecule has 2 fully saturated rings. The van der Waals surface area contributed by atoms with Crippen molar-refractivity contribution < 1.29 is 0 Å². The van der Waals surface area contributed by atoms with Crippen molar-refractivity contribution >= 4 is 16.6 Å². The third kappa shape index (κ3) is 2.34. The van der Waals surface area contributed by atoms with E-state index in [0.29, 0.717) is 6.04 Å². The van der Waals surface area contributed by atoms with Crippen LogP contribution in [0.15, 0.2) is 24.4 Å². The van der Waals surface area contributed by atoms with Gasteiger partial charge in [-0.15, -0.1) is 0 Å². The average molecular weight is 255 g/mol. The van der Waals surface area contributed by atoms with Gasteiger partial charge in [-0.1, -0.05) is 12.8 Å². The van der Waals surface area contributed by atoms with Gasteiger partial charge in [-0.05, 0) is 55.7 Å². The molecule has 19 heavy (non-hydrogen) atoms. The highest BCUT2D eigenvalue weighted by Gasteiger charge is 2.34. The summed E-state index contributed by atoms with van der Waals surface area (Å²) < 4.78 is 0. The van der Waals surface area contributed by atoms with Gasteiger partial charge < -0.3 is 5.32 Å². The van der Waals surface area contributed by atoms with Crippen LogP contribution in [0.5, 0.6) is 0 Å². The summed E-state index contributed by atoms with van der Waals surface area (Å²) in [5.74, 6) is 2.05. The van der Waals surface area contributed by atoms with Crippen LogP contribution in [0.25, 0.3) is 10.9 Å². The summed E-state index contributed by atoms with van der Waals surface area (Å²) in [7, 11) is 0. The first-order valence-electron chi connectivity index (χ1n) is 7.58.